The number of carboxylic acids is 1. The van der Waals surface area contributed by atoms with Crippen LogP contribution in [0.1, 0.15) is 24.3 Å². The molecular formula is C16H26N4O7S. The monoisotopic (exact) mass is 418 g/mol. The van der Waals surface area contributed by atoms with Crippen LogP contribution in [0.4, 0.5) is 0 Å². The standard InChI is InChI=1S/C14H17NO4.CH5N3.CH4O3S/c1-8(2)19-13-10-7-9(18-4)5-6-11(10)15(3)12(13)14(16)17;2-1(3)4;1-5(2,3)4/h5-8H,1-4H3,(H,16,17);(H5,2,3,4);1H3,(H,2,3,4). The van der Waals surface area contributed by atoms with Crippen molar-refractivity contribution >= 4 is 32.9 Å². The van der Waals surface area contributed by atoms with Crippen LogP contribution in [-0.4, -0.2) is 54.0 Å². The molecule has 7 N–H and O–H groups in total. The molecule has 0 aliphatic carbocycles. The fourth-order valence-corrected chi connectivity index (χ4v) is 2.11. The Morgan fingerprint density at radius 2 is 1.75 bits per heavy atom. The number of methoxy groups -OCH3 is 1. The molecule has 0 radical (unpaired) electrons. The lowest BCUT2D eigenvalue weighted by Crippen LogP contribution is -2.20. The van der Waals surface area contributed by atoms with Crippen LogP contribution in [0.25, 0.3) is 10.9 Å². The van der Waals surface area contributed by atoms with Gasteiger partial charge in [-0.3, -0.25) is 9.96 Å². The number of aromatic nitrogens is 1. The lowest BCUT2D eigenvalue weighted by molar-refractivity contribution is 0.0680. The molecule has 2 rings (SSSR count). The third-order valence-corrected chi connectivity index (χ3v) is 2.92. The molecule has 11 nitrogen and oxygen atoms in total. The van der Waals surface area contributed by atoms with E-state index in [1.165, 1.54) is 0 Å². The summed E-state index contributed by atoms with van der Waals surface area (Å²) in [6.45, 7) is 3.73. The number of aromatic carboxylic acids is 1. The van der Waals surface area contributed by atoms with Crippen LogP contribution in [0, 0.1) is 5.41 Å². The van der Waals surface area contributed by atoms with Crippen LogP contribution in [0.5, 0.6) is 11.5 Å². The number of nitrogens with two attached hydrogens (primary N) is 2. The van der Waals surface area contributed by atoms with Gasteiger partial charge in [-0.1, -0.05) is 0 Å². The minimum atomic E-state index is -3.67. The number of rotatable bonds is 4. The van der Waals surface area contributed by atoms with E-state index in [0.717, 1.165) is 10.9 Å². The van der Waals surface area contributed by atoms with E-state index in [1.54, 1.807) is 30.9 Å². The van der Waals surface area contributed by atoms with Crippen LogP contribution < -0.4 is 20.9 Å². The second-order valence-electron chi connectivity index (χ2n) is 5.78. The maximum atomic E-state index is 11.4. The average molecular weight is 418 g/mol. The number of aryl methyl sites for hydroxylation is 1. The fraction of sp³-hybridized carbons (Fsp3) is 0.375. The zero-order chi connectivity index (χ0) is 22.2. The highest BCUT2D eigenvalue weighted by atomic mass is 32.2. The lowest BCUT2D eigenvalue weighted by Gasteiger charge is -2.10. The first-order valence-corrected chi connectivity index (χ1v) is 9.62. The van der Waals surface area contributed by atoms with Gasteiger partial charge in [0, 0.05) is 12.4 Å². The molecule has 1 heterocycles. The van der Waals surface area contributed by atoms with Gasteiger partial charge in [0.2, 0.25) is 0 Å². The van der Waals surface area contributed by atoms with Crippen molar-refractivity contribution in [1.29, 1.82) is 5.41 Å². The quantitative estimate of drug-likeness (QED) is 0.274. The first-order chi connectivity index (χ1) is 12.7. The number of guanidine groups is 1. The Balaban J connectivity index is 0.000000681. The lowest BCUT2D eigenvalue weighted by atomic mass is 10.2. The number of benzene rings is 1. The van der Waals surface area contributed by atoms with E-state index < -0.39 is 16.1 Å². The summed E-state index contributed by atoms with van der Waals surface area (Å²) in [7, 11) is -0.378. The van der Waals surface area contributed by atoms with Gasteiger partial charge >= 0.3 is 5.97 Å². The highest BCUT2D eigenvalue weighted by Gasteiger charge is 2.23. The molecule has 0 saturated carbocycles. The van der Waals surface area contributed by atoms with E-state index in [9.17, 15) is 18.3 Å². The number of ether oxygens (including phenoxy) is 2. The van der Waals surface area contributed by atoms with Crippen LogP contribution in [-0.2, 0) is 17.2 Å². The van der Waals surface area contributed by atoms with E-state index in [-0.39, 0.29) is 17.8 Å². The Labute approximate surface area is 163 Å². The van der Waals surface area contributed by atoms with Crippen LogP contribution in [0.2, 0.25) is 0 Å². The van der Waals surface area contributed by atoms with E-state index in [1.807, 2.05) is 19.9 Å². The number of nitrogens with zero attached hydrogens (tertiary/aromatic N) is 1. The molecule has 0 saturated heterocycles. The summed E-state index contributed by atoms with van der Waals surface area (Å²) in [5, 5.41) is 16.2. The highest BCUT2D eigenvalue weighted by Crippen LogP contribution is 2.35. The minimum Gasteiger partial charge on any atom is -0.497 e. The molecule has 0 atom stereocenters. The number of carboxylic acid groups (broad SMARTS) is 1. The number of hydrogen-bond acceptors (Lipinski definition) is 6. The first-order valence-electron chi connectivity index (χ1n) is 7.77. The molecule has 0 amide bonds. The third-order valence-electron chi connectivity index (χ3n) is 2.92. The zero-order valence-electron chi connectivity index (χ0n) is 16.3. The van der Waals surface area contributed by atoms with E-state index in [4.69, 9.17) is 19.4 Å². The normalized spacial score (nSPS) is 10.4. The third kappa shape index (κ3) is 8.60. The maximum Gasteiger partial charge on any atom is 0.356 e. The Hall–Kier alpha value is -2.99. The Morgan fingerprint density at radius 3 is 2.11 bits per heavy atom. The predicted octanol–water partition coefficient (Wildman–Crippen LogP) is 1.01. The molecule has 2 aromatic rings. The van der Waals surface area contributed by atoms with Gasteiger partial charge in [0.15, 0.2) is 17.4 Å². The molecule has 0 fully saturated rings. The number of nitrogens with one attached hydrogen (secondary N) is 1. The Bertz CT molecular complexity index is 924. The van der Waals surface area contributed by atoms with Gasteiger partial charge in [0.1, 0.15) is 5.75 Å². The van der Waals surface area contributed by atoms with Crippen LogP contribution in [0.3, 0.4) is 0 Å². The molecular weight excluding hydrogens is 392 g/mol. The van der Waals surface area contributed by atoms with E-state index in [0.29, 0.717) is 17.8 Å². The molecule has 1 aromatic heterocycles. The van der Waals surface area contributed by atoms with Crippen molar-refractivity contribution in [2.75, 3.05) is 13.4 Å². The zero-order valence-corrected chi connectivity index (χ0v) is 17.1. The van der Waals surface area contributed by atoms with Crippen molar-refractivity contribution in [3.63, 3.8) is 0 Å². The SMILES string of the molecule is COc1ccc2c(c1)c(OC(C)C)c(C(=O)O)n2C.CS(=O)(=O)O.N=C(N)N. The molecule has 0 aliphatic heterocycles. The summed E-state index contributed by atoms with van der Waals surface area (Å²) < 4.78 is 38.4. The molecule has 0 aliphatic rings. The second-order valence-corrected chi connectivity index (χ2v) is 7.25. The van der Waals surface area contributed by atoms with Gasteiger partial charge in [-0.25, -0.2) is 4.79 Å². The summed E-state index contributed by atoms with van der Waals surface area (Å²) in [4.78, 5) is 11.4. The maximum absolute atomic E-state index is 11.4. The van der Waals surface area contributed by atoms with Gasteiger partial charge in [0.25, 0.3) is 10.1 Å². The summed E-state index contributed by atoms with van der Waals surface area (Å²) in [5.41, 5.74) is 9.89. The number of fused-ring (bicyclic) bond motifs is 1. The molecule has 0 unspecified atom stereocenters. The van der Waals surface area contributed by atoms with Crippen LogP contribution in [0.15, 0.2) is 18.2 Å². The molecule has 1 aromatic carbocycles. The molecule has 12 heteroatoms. The van der Waals surface area contributed by atoms with Crippen molar-refractivity contribution in [1.82, 2.24) is 4.57 Å². The highest BCUT2D eigenvalue weighted by molar-refractivity contribution is 7.85. The largest absolute Gasteiger partial charge is 0.497 e. The average Bonchev–Trinajstić information content (AvgIpc) is 2.76. The molecule has 158 valence electrons. The Morgan fingerprint density at radius 1 is 1.29 bits per heavy atom. The molecule has 28 heavy (non-hydrogen) atoms. The topological polar surface area (TPSA) is 191 Å². The summed E-state index contributed by atoms with van der Waals surface area (Å²) in [6, 6.07) is 5.42. The first kappa shape index (κ1) is 25.0. The van der Waals surface area contributed by atoms with Crippen LogP contribution >= 0.6 is 0 Å². The van der Waals surface area contributed by atoms with Crippen molar-refractivity contribution in [2.45, 2.75) is 20.0 Å². The van der Waals surface area contributed by atoms with Crippen molar-refractivity contribution in [3.8, 4) is 11.5 Å². The number of hydrogen-bond donors (Lipinski definition) is 5. The van der Waals surface area contributed by atoms with E-state index in [2.05, 4.69) is 11.5 Å². The summed E-state index contributed by atoms with van der Waals surface area (Å²) in [6.07, 6.45) is 0.613. The molecule has 0 spiro atoms. The van der Waals surface area contributed by atoms with Gasteiger partial charge < -0.3 is 30.6 Å². The van der Waals surface area contributed by atoms with Gasteiger partial charge in [-0.2, -0.15) is 8.42 Å². The minimum absolute atomic E-state index is 0.102. The van der Waals surface area contributed by atoms with Gasteiger partial charge in [-0.15, -0.1) is 0 Å². The number of carbonyl (C=O) groups is 1. The van der Waals surface area contributed by atoms with Gasteiger partial charge in [-0.05, 0) is 32.0 Å². The van der Waals surface area contributed by atoms with Crippen molar-refractivity contribution in [2.24, 2.45) is 18.5 Å². The summed E-state index contributed by atoms with van der Waals surface area (Å²) >= 11 is 0. The van der Waals surface area contributed by atoms with E-state index >= 15 is 0 Å². The second kappa shape index (κ2) is 10.4. The van der Waals surface area contributed by atoms with Crippen molar-refractivity contribution in [3.05, 3.63) is 23.9 Å². The van der Waals surface area contributed by atoms with Crippen molar-refractivity contribution < 1.29 is 32.3 Å². The predicted molar refractivity (Wildman–Crippen MR) is 106 cm³/mol. The smallest absolute Gasteiger partial charge is 0.356 e. The fourth-order valence-electron chi connectivity index (χ4n) is 2.11. The Kier molecular flexibility index (Phi) is 9.26. The molecule has 0 bridgehead atoms. The summed E-state index contributed by atoms with van der Waals surface area (Å²) in [5.74, 6) is -0.282. The van der Waals surface area contributed by atoms with Gasteiger partial charge in [0.05, 0.1) is 25.0 Å².